The molecule has 0 heterocycles. The lowest BCUT2D eigenvalue weighted by Crippen LogP contribution is -2.63. The van der Waals surface area contributed by atoms with Crippen molar-refractivity contribution in [2.45, 2.75) is 135 Å². The third-order valence-electron chi connectivity index (χ3n) is 7.96. The van der Waals surface area contributed by atoms with Crippen molar-refractivity contribution in [1.29, 1.82) is 0 Å². The molecule has 1 atom stereocenters. The molecule has 1 N–H and O–H groups in total. The highest BCUT2D eigenvalue weighted by Gasteiger charge is 2.43. The van der Waals surface area contributed by atoms with Gasteiger partial charge in [0.1, 0.15) is 0 Å². The molecule has 27 heavy (non-hydrogen) atoms. The third-order valence-corrected chi connectivity index (χ3v) is 12.2. The average molecular weight is 390 g/mol. The Hall–Kier alpha value is -0.343. The van der Waals surface area contributed by atoms with E-state index in [-0.39, 0.29) is 5.54 Å². The molecule has 0 saturated heterocycles. The molecular weight excluding hydrogens is 342 g/mol. The molecule has 2 heteroatoms. The summed E-state index contributed by atoms with van der Waals surface area (Å²) in [6.07, 6.45) is 18.4. The number of nitrogens with one attached hydrogen (secondary N) is 1. The molecule has 1 fully saturated rings. The molecule has 2 rings (SSSR count). The predicted octanol–water partition coefficient (Wildman–Crippen LogP) is 7.48. The largest absolute Gasteiger partial charge is 0.302 e. The molecule has 156 valence electrons. The van der Waals surface area contributed by atoms with Gasteiger partial charge in [0.15, 0.2) is 0 Å². The zero-order valence-electron chi connectivity index (χ0n) is 19.3. The van der Waals surface area contributed by atoms with E-state index >= 15 is 0 Å². The SMILES string of the molecule is CC[SiH](CC)C1(NC2(C)C=C(C)C(C)=C2C)CCCCCCCCCCC1. The highest BCUT2D eigenvalue weighted by Crippen LogP contribution is 2.39. The number of rotatable bonds is 5. The van der Waals surface area contributed by atoms with Crippen LogP contribution in [0.5, 0.6) is 0 Å². The normalized spacial score (nSPS) is 28.0. The summed E-state index contributed by atoms with van der Waals surface area (Å²) in [7, 11) is -0.850. The Morgan fingerprint density at radius 3 is 1.63 bits per heavy atom. The summed E-state index contributed by atoms with van der Waals surface area (Å²) in [6.45, 7) is 14.4. The summed E-state index contributed by atoms with van der Waals surface area (Å²) in [4.78, 5) is 0. The van der Waals surface area contributed by atoms with Gasteiger partial charge >= 0.3 is 0 Å². The van der Waals surface area contributed by atoms with Gasteiger partial charge in [0, 0.05) is 5.16 Å². The van der Waals surface area contributed by atoms with E-state index in [4.69, 9.17) is 0 Å². The molecule has 1 saturated carbocycles. The first-order valence-corrected chi connectivity index (χ1v) is 14.3. The van der Waals surface area contributed by atoms with Crippen molar-refractivity contribution in [3.63, 3.8) is 0 Å². The van der Waals surface area contributed by atoms with Gasteiger partial charge in [-0.3, -0.25) is 0 Å². The van der Waals surface area contributed by atoms with Crippen LogP contribution in [0.15, 0.2) is 22.8 Å². The Bertz CT molecular complexity index is 516. The second-order valence-corrected chi connectivity index (χ2v) is 13.9. The minimum Gasteiger partial charge on any atom is -0.302 e. The van der Waals surface area contributed by atoms with E-state index in [1.54, 1.807) is 5.57 Å². The molecule has 0 amide bonds. The minimum absolute atomic E-state index is 0.0703. The van der Waals surface area contributed by atoms with Gasteiger partial charge in [0.05, 0.1) is 14.3 Å². The van der Waals surface area contributed by atoms with Crippen LogP contribution in [0, 0.1) is 0 Å². The van der Waals surface area contributed by atoms with Crippen LogP contribution in [-0.4, -0.2) is 19.5 Å². The van der Waals surface area contributed by atoms with Crippen molar-refractivity contribution in [2.75, 3.05) is 0 Å². The zero-order chi connectivity index (χ0) is 19.9. The highest BCUT2D eigenvalue weighted by atomic mass is 28.3. The van der Waals surface area contributed by atoms with Gasteiger partial charge in [-0.05, 0) is 51.7 Å². The van der Waals surface area contributed by atoms with E-state index in [9.17, 15) is 0 Å². The molecule has 1 nitrogen and oxygen atoms in total. The maximum Gasteiger partial charge on any atom is 0.0601 e. The standard InChI is InChI=1S/C25H47NSi/c1-7-27(8-2)25(26-24(6)20-21(3)22(4)23(24)5)18-16-14-12-10-9-11-13-15-17-19-25/h20,26-27H,7-19H2,1-6H3. The second kappa shape index (κ2) is 10.4. The van der Waals surface area contributed by atoms with E-state index in [2.05, 4.69) is 52.9 Å². The van der Waals surface area contributed by atoms with Gasteiger partial charge in [-0.15, -0.1) is 0 Å². The Labute approximate surface area is 172 Å². The molecule has 0 radical (unpaired) electrons. The van der Waals surface area contributed by atoms with Crippen LogP contribution in [0.3, 0.4) is 0 Å². The molecule has 0 aliphatic heterocycles. The summed E-state index contributed by atoms with van der Waals surface area (Å²) in [5.74, 6) is 0. The Kier molecular flexibility index (Phi) is 8.87. The maximum atomic E-state index is 4.40. The average Bonchev–Trinajstić information content (AvgIpc) is 2.81. The van der Waals surface area contributed by atoms with Gasteiger partial charge in [-0.25, -0.2) is 0 Å². The van der Waals surface area contributed by atoms with E-state index in [0.29, 0.717) is 5.16 Å². The van der Waals surface area contributed by atoms with Crippen molar-refractivity contribution >= 4 is 8.80 Å². The lowest BCUT2D eigenvalue weighted by atomic mass is 9.90. The summed E-state index contributed by atoms with van der Waals surface area (Å²) >= 11 is 0. The van der Waals surface area contributed by atoms with Crippen LogP contribution in [0.2, 0.25) is 12.1 Å². The predicted molar refractivity (Wildman–Crippen MR) is 125 cm³/mol. The van der Waals surface area contributed by atoms with Gasteiger partial charge in [0.2, 0.25) is 0 Å². The van der Waals surface area contributed by atoms with Crippen molar-refractivity contribution in [3.8, 4) is 0 Å². The van der Waals surface area contributed by atoms with Crippen LogP contribution >= 0.6 is 0 Å². The number of hydrogen-bond donors (Lipinski definition) is 1. The minimum atomic E-state index is -0.850. The molecule has 0 aromatic heterocycles. The van der Waals surface area contributed by atoms with E-state index in [1.807, 2.05) is 0 Å². The molecule has 0 aromatic carbocycles. The Balaban J connectivity index is 2.31. The lowest BCUT2D eigenvalue weighted by molar-refractivity contribution is 0.301. The second-order valence-electron chi connectivity index (χ2n) is 9.76. The number of hydrogen-bond acceptors (Lipinski definition) is 1. The monoisotopic (exact) mass is 389 g/mol. The molecule has 2 aliphatic rings. The summed E-state index contributed by atoms with van der Waals surface area (Å²) in [5, 5.41) is 4.83. The van der Waals surface area contributed by atoms with Crippen molar-refractivity contribution < 1.29 is 0 Å². The molecule has 1 unspecified atom stereocenters. The van der Waals surface area contributed by atoms with Gasteiger partial charge < -0.3 is 5.32 Å². The smallest absolute Gasteiger partial charge is 0.0601 e. The Morgan fingerprint density at radius 1 is 0.815 bits per heavy atom. The topological polar surface area (TPSA) is 12.0 Å². The van der Waals surface area contributed by atoms with Crippen LogP contribution in [0.4, 0.5) is 0 Å². The van der Waals surface area contributed by atoms with Crippen LogP contribution in [-0.2, 0) is 0 Å². The lowest BCUT2D eigenvalue weighted by Gasteiger charge is -2.47. The van der Waals surface area contributed by atoms with Crippen molar-refractivity contribution in [2.24, 2.45) is 0 Å². The third kappa shape index (κ3) is 5.60. The van der Waals surface area contributed by atoms with E-state index in [0.717, 1.165) is 0 Å². The van der Waals surface area contributed by atoms with Crippen LogP contribution in [0.25, 0.3) is 0 Å². The molecular formula is C25H47NSi. The first-order chi connectivity index (χ1) is 12.9. The maximum absolute atomic E-state index is 4.40. The summed E-state index contributed by atoms with van der Waals surface area (Å²) < 4.78 is 0. The molecule has 0 spiro atoms. The summed E-state index contributed by atoms with van der Waals surface area (Å²) in [6, 6.07) is 2.87. The fourth-order valence-electron chi connectivity index (χ4n) is 5.93. The quantitative estimate of drug-likeness (QED) is 0.480. The van der Waals surface area contributed by atoms with Gasteiger partial charge in [-0.2, -0.15) is 0 Å². The fraction of sp³-hybridized carbons (Fsp3) is 0.840. The highest BCUT2D eigenvalue weighted by molar-refractivity contribution is 6.62. The Morgan fingerprint density at radius 2 is 1.26 bits per heavy atom. The first-order valence-electron chi connectivity index (χ1n) is 12.1. The van der Waals surface area contributed by atoms with E-state index in [1.165, 1.54) is 93.9 Å². The van der Waals surface area contributed by atoms with Crippen molar-refractivity contribution in [1.82, 2.24) is 5.32 Å². The van der Waals surface area contributed by atoms with Crippen LogP contribution in [0.1, 0.15) is 112 Å². The van der Waals surface area contributed by atoms with Gasteiger partial charge in [0.25, 0.3) is 0 Å². The van der Waals surface area contributed by atoms with Crippen LogP contribution < -0.4 is 5.32 Å². The zero-order valence-corrected chi connectivity index (χ0v) is 20.5. The fourth-order valence-corrected chi connectivity index (χ4v) is 9.80. The first kappa shape index (κ1) is 22.9. The summed E-state index contributed by atoms with van der Waals surface area (Å²) in [5.41, 5.74) is 4.63. The van der Waals surface area contributed by atoms with Crippen molar-refractivity contribution in [3.05, 3.63) is 22.8 Å². The molecule has 2 aliphatic carbocycles. The van der Waals surface area contributed by atoms with E-state index < -0.39 is 8.80 Å². The number of allylic oxidation sites excluding steroid dienone is 2. The molecule has 0 bridgehead atoms. The molecule has 0 aromatic rings. The van der Waals surface area contributed by atoms with Gasteiger partial charge in [-0.1, -0.05) is 95.4 Å².